The van der Waals surface area contributed by atoms with E-state index in [-0.39, 0.29) is 24.5 Å². The standard InChI is InChI=1S/C23H23N3O4S2/c1-31-18(12-16(24)23(29)30)22(28)15-8-5-9-17(21(15)14-6-3-2-4-7-14)26-19(27)13-20-25-10-11-32-20/h2-11,16,18H,12-13,24H2,1H3,(H,26,27)(H,29,30)/t16-,18?/m0/s1. The van der Waals surface area contributed by atoms with E-state index < -0.39 is 17.3 Å². The van der Waals surface area contributed by atoms with E-state index in [1.54, 1.807) is 30.7 Å². The van der Waals surface area contributed by atoms with Crippen molar-refractivity contribution in [3.63, 3.8) is 0 Å². The number of nitrogens with two attached hydrogens (primary N) is 1. The highest BCUT2D eigenvalue weighted by atomic mass is 32.2. The SMILES string of the molecule is CSC(C[C@H](N)C(=O)O)C(=O)c1cccc(NC(=O)Cc2nccs2)c1-c1ccccc1. The highest BCUT2D eigenvalue weighted by Gasteiger charge is 2.28. The van der Waals surface area contributed by atoms with E-state index >= 15 is 0 Å². The molecule has 1 unspecified atom stereocenters. The molecule has 3 aromatic rings. The minimum Gasteiger partial charge on any atom is -0.480 e. The first kappa shape index (κ1) is 23.6. The Morgan fingerprint density at radius 3 is 2.53 bits per heavy atom. The number of amides is 1. The topological polar surface area (TPSA) is 122 Å². The molecule has 9 heteroatoms. The van der Waals surface area contributed by atoms with E-state index in [2.05, 4.69) is 10.3 Å². The van der Waals surface area contributed by atoms with Gasteiger partial charge in [-0.3, -0.25) is 14.4 Å². The summed E-state index contributed by atoms with van der Waals surface area (Å²) in [5.41, 5.74) is 7.96. The molecule has 0 saturated heterocycles. The van der Waals surface area contributed by atoms with Crippen molar-refractivity contribution in [1.29, 1.82) is 0 Å². The molecule has 1 amide bonds. The van der Waals surface area contributed by atoms with Crippen LogP contribution in [0, 0.1) is 0 Å². The van der Waals surface area contributed by atoms with Crippen molar-refractivity contribution in [3.05, 3.63) is 70.7 Å². The zero-order valence-corrected chi connectivity index (χ0v) is 19.0. The number of aromatic nitrogens is 1. The van der Waals surface area contributed by atoms with Crippen molar-refractivity contribution in [3.8, 4) is 11.1 Å². The van der Waals surface area contributed by atoms with Crippen molar-refractivity contribution < 1.29 is 19.5 Å². The average Bonchev–Trinajstić information content (AvgIpc) is 3.30. The van der Waals surface area contributed by atoms with Crippen LogP contribution in [0.4, 0.5) is 5.69 Å². The van der Waals surface area contributed by atoms with Gasteiger partial charge in [0.2, 0.25) is 5.91 Å². The maximum Gasteiger partial charge on any atom is 0.320 e. The minimum absolute atomic E-state index is 0.00416. The lowest BCUT2D eigenvalue weighted by Gasteiger charge is -2.20. The van der Waals surface area contributed by atoms with E-state index in [4.69, 9.17) is 10.8 Å². The monoisotopic (exact) mass is 469 g/mol. The highest BCUT2D eigenvalue weighted by molar-refractivity contribution is 8.00. The second-order valence-electron chi connectivity index (χ2n) is 7.01. The number of carbonyl (C=O) groups excluding carboxylic acids is 2. The molecule has 0 fully saturated rings. The predicted molar refractivity (Wildman–Crippen MR) is 128 cm³/mol. The van der Waals surface area contributed by atoms with Gasteiger partial charge in [0.15, 0.2) is 5.78 Å². The van der Waals surface area contributed by atoms with Gasteiger partial charge in [-0.25, -0.2) is 4.98 Å². The van der Waals surface area contributed by atoms with Gasteiger partial charge >= 0.3 is 5.97 Å². The Hall–Kier alpha value is -3.01. The number of aliphatic carboxylic acids is 1. The largest absolute Gasteiger partial charge is 0.480 e. The van der Waals surface area contributed by atoms with Crippen LogP contribution in [0.1, 0.15) is 21.8 Å². The summed E-state index contributed by atoms with van der Waals surface area (Å²) in [5, 5.41) is 13.9. The van der Waals surface area contributed by atoms with E-state index in [1.165, 1.54) is 23.1 Å². The molecule has 4 N–H and O–H groups in total. The number of benzene rings is 2. The van der Waals surface area contributed by atoms with E-state index in [1.807, 2.05) is 35.7 Å². The molecule has 1 heterocycles. The van der Waals surface area contributed by atoms with Crippen LogP contribution in [0.5, 0.6) is 0 Å². The number of rotatable bonds is 10. The molecule has 32 heavy (non-hydrogen) atoms. The highest BCUT2D eigenvalue weighted by Crippen LogP contribution is 2.34. The number of carboxylic acid groups (broad SMARTS) is 1. The summed E-state index contributed by atoms with van der Waals surface area (Å²) in [6.07, 6.45) is 3.53. The second-order valence-corrected chi connectivity index (χ2v) is 9.03. The number of carbonyl (C=O) groups is 3. The molecular weight excluding hydrogens is 446 g/mol. The normalized spacial score (nSPS) is 12.7. The van der Waals surface area contributed by atoms with Crippen LogP contribution in [0.2, 0.25) is 0 Å². The smallest absolute Gasteiger partial charge is 0.320 e. The molecule has 7 nitrogen and oxygen atoms in total. The molecule has 0 bridgehead atoms. The van der Waals surface area contributed by atoms with Crippen LogP contribution in [0.15, 0.2) is 60.1 Å². The van der Waals surface area contributed by atoms with Crippen LogP contribution in [-0.2, 0) is 16.0 Å². The van der Waals surface area contributed by atoms with Crippen molar-refractivity contribution in [2.24, 2.45) is 5.73 Å². The molecule has 2 atom stereocenters. The summed E-state index contributed by atoms with van der Waals surface area (Å²) in [5.74, 6) is -1.62. The van der Waals surface area contributed by atoms with Crippen LogP contribution in [0.25, 0.3) is 11.1 Å². The van der Waals surface area contributed by atoms with Crippen molar-refractivity contribution in [1.82, 2.24) is 4.98 Å². The zero-order valence-electron chi connectivity index (χ0n) is 17.4. The fourth-order valence-corrected chi connectivity index (χ4v) is 4.62. The van der Waals surface area contributed by atoms with Gasteiger partial charge in [0, 0.05) is 28.4 Å². The van der Waals surface area contributed by atoms with Crippen LogP contribution >= 0.6 is 23.1 Å². The van der Waals surface area contributed by atoms with Crippen LogP contribution in [0.3, 0.4) is 0 Å². The molecule has 0 aliphatic rings. The molecule has 1 aromatic heterocycles. The molecule has 0 saturated carbocycles. The number of hydrogen-bond acceptors (Lipinski definition) is 7. The number of nitrogens with zero attached hydrogens (tertiary/aromatic N) is 1. The summed E-state index contributed by atoms with van der Waals surface area (Å²) in [4.78, 5) is 41.4. The molecule has 0 spiro atoms. The van der Waals surface area contributed by atoms with Crippen molar-refractivity contribution in [2.45, 2.75) is 24.1 Å². The van der Waals surface area contributed by atoms with Gasteiger partial charge < -0.3 is 16.2 Å². The Morgan fingerprint density at radius 2 is 1.91 bits per heavy atom. The number of Topliss-reactive ketones (excluding diaryl/α,β-unsaturated/α-hetero) is 1. The lowest BCUT2D eigenvalue weighted by atomic mass is 9.92. The fraction of sp³-hybridized carbons (Fsp3) is 0.217. The molecule has 0 aliphatic heterocycles. The van der Waals surface area contributed by atoms with Gasteiger partial charge in [-0.15, -0.1) is 11.3 Å². The quantitative estimate of drug-likeness (QED) is 0.387. The van der Waals surface area contributed by atoms with Crippen molar-refractivity contribution >= 4 is 46.4 Å². The summed E-state index contributed by atoms with van der Waals surface area (Å²) < 4.78 is 0. The number of thioether (sulfide) groups is 1. The van der Waals surface area contributed by atoms with Gasteiger partial charge in [0.25, 0.3) is 0 Å². The Balaban J connectivity index is 1.98. The summed E-state index contributed by atoms with van der Waals surface area (Å²) in [6.45, 7) is 0. The predicted octanol–water partition coefficient (Wildman–Crippen LogP) is 3.71. The first-order valence-corrected chi connectivity index (χ1v) is 12.0. The second kappa shape index (κ2) is 11.0. The summed E-state index contributed by atoms with van der Waals surface area (Å²) >= 11 is 2.65. The Labute approximate surface area is 194 Å². The number of hydrogen-bond donors (Lipinski definition) is 3. The van der Waals surface area contributed by atoms with Gasteiger partial charge in [0.05, 0.1) is 11.7 Å². The van der Waals surface area contributed by atoms with E-state index in [9.17, 15) is 14.4 Å². The maximum absolute atomic E-state index is 13.4. The van der Waals surface area contributed by atoms with Crippen LogP contribution in [-0.4, -0.2) is 45.3 Å². The average molecular weight is 470 g/mol. The first-order chi connectivity index (χ1) is 15.4. The van der Waals surface area contributed by atoms with Crippen molar-refractivity contribution in [2.75, 3.05) is 11.6 Å². The zero-order chi connectivity index (χ0) is 23.1. The molecular formula is C23H23N3O4S2. The maximum atomic E-state index is 13.4. The summed E-state index contributed by atoms with van der Waals surface area (Å²) in [6, 6.07) is 13.3. The van der Waals surface area contributed by atoms with Gasteiger partial charge in [-0.05, 0) is 24.3 Å². The van der Waals surface area contributed by atoms with E-state index in [0.717, 1.165) is 5.56 Å². The lowest BCUT2D eigenvalue weighted by molar-refractivity contribution is -0.138. The third kappa shape index (κ3) is 5.82. The summed E-state index contributed by atoms with van der Waals surface area (Å²) in [7, 11) is 0. The van der Waals surface area contributed by atoms with Gasteiger partial charge in [-0.2, -0.15) is 11.8 Å². The number of ketones is 1. The first-order valence-electron chi connectivity index (χ1n) is 9.82. The molecule has 2 aromatic carbocycles. The number of anilines is 1. The fourth-order valence-electron chi connectivity index (χ4n) is 3.26. The number of thiazole rings is 1. The Bertz CT molecular complexity index is 1090. The molecule has 0 radical (unpaired) electrons. The van der Waals surface area contributed by atoms with Gasteiger partial charge in [0.1, 0.15) is 11.0 Å². The Morgan fingerprint density at radius 1 is 1.16 bits per heavy atom. The third-order valence-corrected chi connectivity index (χ3v) is 6.58. The minimum atomic E-state index is -1.15. The molecule has 3 rings (SSSR count). The molecule has 0 aliphatic carbocycles. The van der Waals surface area contributed by atoms with Gasteiger partial charge in [-0.1, -0.05) is 42.5 Å². The number of nitrogens with one attached hydrogen (secondary N) is 1. The third-order valence-electron chi connectivity index (χ3n) is 4.82. The lowest BCUT2D eigenvalue weighted by Crippen LogP contribution is -2.35. The van der Waals surface area contributed by atoms with Crippen LogP contribution < -0.4 is 11.1 Å². The van der Waals surface area contributed by atoms with E-state index in [0.29, 0.717) is 21.8 Å². The molecule has 166 valence electrons. The number of carboxylic acids is 1. The Kier molecular flexibility index (Phi) is 8.15.